The number of aryl methyl sites for hydroxylation is 2. The number of halogens is 2. The Morgan fingerprint density at radius 3 is 2.56 bits per heavy atom. The Hall–Kier alpha value is -0.790. The number of hydrogen-bond donors (Lipinski definition) is 0. The van der Waals surface area contributed by atoms with Crippen LogP contribution in [0.2, 0.25) is 5.02 Å². The summed E-state index contributed by atoms with van der Waals surface area (Å²) >= 11 is 9.77. The molecule has 0 fully saturated rings. The molecule has 0 aliphatic carbocycles. The van der Waals surface area contributed by atoms with E-state index in [1.807, 2.05) is 12.1 Å². The van der Waals surface area contributed by atoms with E-state index < -0.39 is 0 Å². The summed E-state index contributed by atoms with van der Waals surface area (Å²) in [5, 5.41) is 0.798. The van der Waals surface area contributed by atoms with E-state index >= 15 is 0 Å². The summed E-state index contributed by atoms with van der Waals surface area (Å²) < 4.78 is 0. The second kappa shape index (κ2) is 5.90. The lowest BCUT2D eigenvalue weighted by molar-refractivity contribution is 0.936. The first kappa shape index (κ1) is 13.6. The van der Waals surface area contributed by atoms with E-state index in [4.69, 9.17) is 11.6 Å². The summed E-state index contributed by atoms with van der Waals surface area (Å²) in [5.74, 6) is 0. The van der Waals surface area contributed by atoms with Crippen molar-refractivity contribution in [2.75, 3.05) is 0 Å². The molecule has 0 amide bonds. The number of hydrogen-bond acceptors (Lipinski definition) is 0. The van der Waals surface area contributed by atoms with Crippen LogP contribution in [0.4, 0.5) is 0 Å². The van der Waals surface area contributed by atoms with Gasteiger partial charge in [0.15, 0.2) is 0 Å². The Kier molecular flexibility index (Phi) is 4.47. The van der Waals surface area contributed by atoms with Crippen LogP contribution in [-0.2, 0) is 6.42 Å². The monoisotopic (exact) mass is 322 g/mol. The predicted molar refractivity (Wildman–Crippen MR) is 82.7 cm³/mol. The van der Waals surface area contributed by atoms with Gasteiger partial charge in [0.05, 0.1) is 0 Å². The first-order valence-electron chi connectivity index (χ1n) is 6.02. The van der Waals surface area contributed by atoms with E-state index in [0.717, 1.165) is 11.4 Å². The van der Waals surface area contributed by atoms with Gasteiger partial charge >= 0.3 is 0 Å². The Morgan fingerprint density at radius 1 is 1.11 bits per heavy atom. The van der Waals surface area contributed by atoms with Gasteiger partial charge in [-0.25, -0.2) is 0 Å². The fraction of sp³-hybridized carbons (Fsp3) is 0.250. The minimum Gasteiger partial charge on any atom is -0.0843 e. The van der Waals surface area contributed by atoms with Gasteiger partial charge in [-0.15, -0.1) is 0 Å². The van der Waals surface area contributed by atoms with Gasteiger partial charge in [0, 0.05) is 9.85 Å². The Labute approximate surface area is 122 Å². The average Bonchev–Trinajstić information content (AvgIpc) is 2.28. The maximum Gasteiger partial charge on any atom is 0.0438 e. The molecule has 2 rings (SSSR count). The molecule has 0 radical (unpaired) electrons. The van der Waals surface area contributed by atoms with E-state index in [0.29, 0.717) is 4.83 Å². The van der Waals surface area contributed by atoms with E-state index in [1.165, 1.54) is 22.3 Å². The molecular formula is C16H16BrCl. The van der Waals surface area contributed by atoms with Crippen molar-refractivity contribution < 1.29 is 0 Å². The van der Waals surface area contributed by atoms with E-state index in [9.17, 15) is 0 Å². The molecule has 2 aromatic carbocycles. The van der Waals surface area contributed by atoms with Gasteiger partial charge in [0.2, 0.25) is 0 Å². The molecule has 94 valence electrons. The van der Waals surface area contributed by atoms with Crippen LogP contribution in [-0.4, -0.2) is 0 Å². The maximum atomic E-state index is 5.99. The minimum absolute atomic E-state index is 0.330. The van der Waals surface area contributed by atoms with Gasteiger partial charge in [-0.3, -0.25) is 0 Å². The standard InChI is InChI=1S/C16H16BrCl/c1-11-4-3-5-13(8-11)10-16(17)15-7-6-14(18)9-12(15)2/h3-9,16H,10H2,1-2H3. The molecule has 1 atom stereocenters. The summed E-state index contributed by atoms with van der Waals surface area (Å²) in [6, 6.07) is 14.7. The van der Waals surface area contributed by atoms with Crippen molar-refractivity contribution in [3.8, 4) is 0 Å². The quantitative estimate of drug-likeness (QED) is 0.642. The normalized spacial score (nSPS) is 12.4. The zero-order valence-corrected chi connectivity index (χ0v) is 12.9. The molecule has 0 spiro atoms. The molecule has 2 aromatic rings. The smallest absolute Gasteiger partial charge is 0.0438 e. The van der Waals surface area contributed by atoms with Crippen LogP contribution in [0, 0.1) is 13.8 Å². The zero-order valence-electron chi connectivity index (χ0n) is 10.6. The SMILES string of the molecule is Cc1cccc(CC(Br)c2ccc(Cl)cc2C)c1. The molecule has 0 saturated carbocycles. The van der Waals surface area contributed by atoms with Crippen LogP contribution in [0.5, 0.6) is 0 Å². The number of benzene rings is 2. The molecule has 18 heavy (non-hydrogen) atoms. The van der Waals surface area contributed by atoms with Gasteiger partial charge in [-0.2, -0.15) is 0 Å². The number of alkyl halides is 1. The fourth-order valence-electron chi connectivity index (χ4n) is 2.15. The lowest BCUT2D eigenvalue weighted by Gasteiger charge is -2.14. The highest BCUT2D eigenvalue weighted by molar-refractivity contribution is 9.09. The third-order valence-electron chi connectivity index (χ3n) is 3.07. The number of rotatable bonds is 3. The van der Waals surface area contributed by atoms with Gasteiger partial charge in [-0.1, -0.05) is 63.4 Å². The molecule has 0 bridgehead atoms. The van der Waals surface area contributed by atoms with Crippen molar-refractivity contribution in [3.63, 3.8) is 0 Å². The molecule has 2 heteroatoms. The van der Waals surface area contributed by atoms with Gasteiger partial charge < -0.3 is 0 Å². The van der Waals surface area contributed by atoms with Crippen LogP contribution in [0.1, 0.15) is 27.1 Å². The lowest BCUT2D eigenvalue weighted by Crippen LogP contribution is -1.98. The summed E-state index contributed by atoms with van der Waals surface area (Å²) in [6.07, 6.45) is 0.990. The Balaban J connectivity index is 2.19. The molecule has 0 aromatic heterocycles. The van der Waals surface area contributed by atoms with E-state index in [2.05, 4.69) is 60.1 Å². The second-order valence-corrected chi connectivity index (χ2v) is 6.20. The first-order valence-corrected chi connectivity index (χ1v) is 7.31. The first-order chi connectivity index (χ1) is 8.56. The molecule has 1 unspecified atom stereocenters. The molecule has 0 aliphatic rings. The fourth-order valence-corrected chi connectivity index (χ4v) is 3.26. The van der Waals surface area contributed by atoms with Gasteiger partial charge in [0.1, 0.15) is 0 Å². The van der Waals surface area contributed by atoms with Crippen molar-refractivity contribution in [1.29, 1.82) is 0 Å². The van der Waals surface area contributed by atoms with Crippen molar-refractivity contribution in [2.24, 2.45) is 0 Å². The minimum atomic E-state index is 0.330. The molecule has 0 nitrogen and oxygen atoms in total. The predicted octanol–water partition coefficient (Wildman–Crippen LogP) is 5.64. The summed E-state index contributed by atoms with van der Waals surface area (Å²) in [7, 11) is 0. The molecular weight excluding hydrogens is 308 g/mol. The Bertz CT molecular complexity index is 549. The average molecular weight is 324 g/mol. The summed E-state index contributed by atoms with van der Waals surface area (Å²) in [6.45, 7) is 4.23. The summed E-state index contributed by atoms with van der Waals surface area (Å²) in [4.78, 5) is 0.330. The van der Waals surface area contributed by atoms with Crippen molar-refractivity contribution in [2.45, 2.75) is 25.1 Å². The van der Waals surface area contributed by atoms with Gasteiger partial charge in [-0.05, 0) is 49.1 Å². The zero-order chi connectivity index (χ0) is 13.1. The second-order valence-electron chi connectivity index (χ2n) is 4.66. The topological polar surface area (TPSA) is 0 Å². The highest BCUT2D eigenvalue weighted by atomic mass is 79.9. The molecule has 0 aliphatic heterocycles. The largest absolute Gasteiger partial charge is 0.0843 e. The highest BCUT2D eigenvalue weighted by Gasteiger charge is 2.11. The van der Waals surface area contributed by atoms with E-state index in [1.54, 1.807) is 0 Å². The summed E-state index contributed by atoms with van der Waals surface area (Å²) in [5.41, 5.74) is 5.20. The van der Waals surface area contributed by atoms with Crippen molar-refractivity contribution in [1.82, 2.24) is 0 Å². The third kappa shape index (κ3) is 3.37. The molecule has 0 saturated heterocycles. The molecule has 0 N–H and O–H groups in total. The third-order valence-corrected chi connectivity index (χ3v) is 4.12. The van der Waals surface area contributed by atoms with Crippen LogP contribution < -0.4 is 0 Å². The van der Waals surface area contributed by atoms with Crippen LogP contribution in [0.15, 0.2) is 42.5 Å². The van der Waals surface area contributed by atoms with Crippen molar-refractivity contribution >= 4 is 27.5 Å². The van der Waals surface area contributed by atoms with Crippen LogP contribution >= 0.6 is 27.5 Å². The molecule has 0 heterocycles. The van der Waals surface area contributed by atoms with E-state index in [-0.39, 0.29) is 0 Å². The van der Waals surface area contributed by atoms with Crippen LogP contribution in [0.3, 0.4) is 0 Å². The van der Waals surface area contributed by atoms with Crippen molar-refractivity contribution in [3.05, 3.63) is 69.7 Å². The highest BCUT2D eigenvalue weighted by Crippen LogP contribution is 2.31. The maximum absolute atomic E-state index is 5.99. The Morgan fingerprint density at radius 2 is 1.89 bits per heavy atom. The van der Waals surface area contributed by atoms with Crippen LogP contribution in [0.25, 0.3) is 0 Å². The lowest BCUT2D eigenvalue weighted by atomic mass is 10.00. The van der Waals surface area contributed by atoms with Gasteiger partial charge in [0.25, 0.3) is 0 Å².